The zero-order chi connectivity index (χ0) is 16.4. The minimum absolute atomic E-state index is 0.0279. The number of anilines is 1. The second-order valence-electron chi connectivity index (χ2n) is 5.94. The molecule has 3 rings (SSSR count). The third-order valence-corrected chi connectivity index (χ3v) is 5.60. The minimum Gasteiger partial charge on any atom is -0.480 e. The quantitative estimate of drug-likeness (QED) is 0.783. The number of thioether (sulfide) groups is 1. The van der Waals surface area contributed by atoms with Crippen molar-refractivity contribution < 1.29 is 19.5 Å². The molecule has 0 saturated heterocycles. The lowest BCUT2D eigenvalue weighted by Crippen LogP contribution is -2.53. The lowest BCUT2D eigenvalue weighted by atomic mass is 9.97. The fraction of sp³-hybridized carbons (Fsp3) is 0.438. The first-order chi connectivity index (χ1) is 11.0. The molecule has 1 aliphatic heterocycles. The Labute approximate surface area is 138 Å². The number of carbonyl (C=O) groups excluding carboxylic acids is 2. The first kappa shape index (κ1) is 15.9. The normalized spacial score (nSPS) is 22.1. The van der Waals surface area contributed by atoms with Gasteiger partial charge in [-0.25, -0.2) is 4.79 Å². The van der Waals surface area contributed by atoms with Crippen LogP contribution in [0, 0.1) is 0 Å². The van der Waals surface area contributed by atoms with E-state index in [4.69, 9.17) is 0 Å². The second kappa shape index (κ2) is 6.23. The Morgan fingerprint density at radius 2 is 2.00 bits per heavy atom. The summed E-state index contributed by atoms with van der Waals surface area (Å²) in [7, 11) is 0. The van der Waals surface area contributed by atoms with E-state index in [0.29, 0.717) is 12.8 Å². The molecule has 0 spiro atoms. The van der Waals surface area contributed by atoms with Crippen LogP contribution in [0.15, 0.2) is 29.2 Å². The smallest absolute Gasteiger partial charge is 0.329 e. The molecular formula is C16H18N2O4S. The van der Waals surface area contributed by atoms with Crippen molar-refractivity contribution in [2.24, 2.45) is 0 Å². The third kappa shape index (κ3) is 3.19. The van der Waals surface area contributed by atoms with Gasteiger partial charge >= 0.3 is 5.97 Å². The Morgan fingerprint density at radius 1 is 1.30 bits per heavy atom. The average Bonchev–Trinajstić information content (AvgIpc) is 2.98. The molecule has 1 aromatic rings. The number of aliphatic carboxylic acids is 1. The number of hydrogen-bond acceptors (Lipinski definition) is 4. The fourth-order valence-electron chi connectivity index (χ4n) is 3.08. The molecule has 0 aromatic heterocycles. The van der Waals surface area contributed by atoms with Gasteiger partial charge in [-0.1, -0.05) is 25.0 Å². The summed E-state index contributed by atoms with van der Waals surface area (Å²) in [5.74, 6) is -1.60. The van der Waals surface area contributed by atoms with Crippen LogP contribution in [-0.2, 0) is 14.4 Å². The third-order valence-electron chi connectivity index (χ3n) is 4.32. The number of hydrogen-bond donors (Lipinski definition) is 3. The van der Waals surface area contributed by atoms with Crippen LogP contribution in [0.4, 0.5) is 5.69 Å². The predicted octanol–water partition coefficient (Wildman–Crippen LogP) is 2.00. The molecule has 1 atom stereocenters. The van der Waals surface area contributed by atoms with Crippen LogP contribution in [0.3, 0.4) is 0 Å². The minimum atomic E-state index is -1.16. The van der Waals surface area contributed by atoms with Gasteiger partial charge in [0.2, 0.25) is 11.8 Å². The zero-order valence-corrected chi connectivity index (χ0v) is 13.3. The van der Waals surface area contributed by atoms with Crippen LogP contribution in [0.1, 0.15) is 32.1 Å². The van der Waals surface area contributed by atoms with Crippen LogP contribution >= 0.6 is 11.8 Å². The van der Waals surface area contributed by atoms with Gasteiger partial charge in [0.1, 0.15) is 5.54 Å². The topological polar surface area (TPSA) is 95.5 Å². The number of benzene rings is 1. The highest BCUT2D eigenvalue weighted by Crippen LogP contribution is 2.37. The number of carboxylic acid groups (broad SMARTS) is 1. The first-order valence-electron chi connectivity index (χ1n) is 7.61. The molecule has 2 amide bonds. The Kier molecular flexibility index (Phi) is 4.30. The molecule has 1 aromatic carbocycles. The maximum absolute atomic E-state index is 12.3. The molecule has 122 valence electrons. The molecule has 0 unspecified atom stereocenters. The van der Waals surface area contributed by atoms with Gasteiger partial charge in [-0.05, 0) is 25.0 Å². The highest BCUT2D eigenvalue weighted by molar-refractivity contribution is 8.01. The van der Waals surface area contributed by atoms with Crippen molar-refractivity contribution in [3.63, 3.8) is 0 Å². The number of para-hydroxylation sites is 1. The Bertz CT molecular complexity index is 655. The summed E-state index contributed by atoms with van der Waals surface area (Å²) in [6.45, 7) is 0. The SMILES string of the molecule is O=C(C[C@@H]1Sc2ccccc2NC1=O)NC1(C(=O)O)CCCC1. The van der Waals surface area contributed by atoms with Gasteiger partial charge in [-0.15, -0.1) is 11.8 Å². The van der Waals surface area contributed by atoms with E-state index >= 15 is 0 Å². The molecule has 3 N–H and O–H groups in total. The maximum atomic E-state index is 12.3. The van der Waals surface area contributed by atoms with Crippen molar-refractivity contribution >= 4 is 35.2 Å². The Balaban J connectivity index is 1.66. The second-order valence-corrected chi connectivity index (χ2v) is 7.18. The van der Waals surface area contributed by atoms with Crippen molar-refractivity contribution in [2.75, 3.05) is 5.32 Å². The monoisotopic (exact) mass is 334 g/mol. The number of carbonyl (C=O) groups is 3. The summed E-state index contributed by atoms with van der Waals surface area (Å²) in [4.78, 5) is 36.8. The van der Waals surface area contributed by atoms with Crippen LogP contribution in [0.25, 0.3) is 0 Å². The summed E-state index contributed by atoms with van der Waals surface area (Å²) < 4.78 is 0. The summed E-state index contributed by atoms with van der Waals surface area (Å²) in [5.41, 5.74) is -0.415. The highest BCUT2D eigenvalue weighted by Gasteiger charge is 2.43. The summed E-state index contributed by atoms with van der Waals surface area (Å²) in [5, 5.41) is 14.3. The standard InChI is InChI=1S/C16H18N2O4S/c19-13(18-16(15(21)22)7-3-4-8-16)9-12-14(20)17-10-5-1-2-6-11(10)23-12/h1-2,5-6,12H,3-4,7-9H2,(H,17,20)(H,18,19)(H,21,22)/t12-/m0/s1. The van der Waals surface area contributed by atoms with Gasteiger partial charge in [-0.3, -0.25) is 9.59 Å². The lowest BCUT2D eigenvalue weighted by Gasteiger charge is -2.28. The first-order valence-corrected chi connectivity index (χ1v) is 8.49. The van der Waals surface area contributed by atoms with Crippen LogP contribution < -0.4 is 10.6 Å². The number of rotatable bonds is 4. The summed E-state index contributed by atoms with van der Waals surface area (Å²) in [6, 6.07) is 7.41. The van der Waals surface area contributed by atoms with Crippen molar-refractivity contribution in [3.05, 3.63) is 24.3 Å². The van der Waals surface area contributed by atoms with E-state index in [0.717, 1.165) is 23.4 Å². The van der Waals surface area contributed by atoms with E-state index in [-0.39, 0.29) is 18.2 Å². The Hall–Kier alpha value is -2.02. The largest absolute Gasteiger partial charge is 0.480 e. The maximum Gasteiger partial charge on any atom is 0.329 e. The van der Waals surface area contributed by atoms with E-state index in [1.165, 1.54) is 11.8 Å². The molecule has 0 radical (unpaired) electrons. The Morgan fingerprint density at radius 3 is 2.70 bits per heavy atom. The van der Waals surface area contributed by atoms with E-state index in [1.807, 2.05) is 24.3 Å². The van der Waals surface area contributed by atoms with Crippen molar-refractivity contribution in [1.82, 2.24) is 5.32 Å². The molecule has 1 heterocycles. The van der Waals surface area contributed by atoms with E-state index in [9.17, 15) is 19.5 Å². The molecule has 2 aliphatic rings. The number of fused-ring (bicyclic) bond motifs is 1. The van der Waals surface area contributed by atoms with E-state index < -0.39 is 16.8 Å². The summed E-state index contributed by atoms with van der Waals surface area (Å²) in [6.07, 6.45) is 2.44. The highest BCUT2D eigenvalue weighted by atomic mass is 32.2. The van der Waals surface area contributed by atoms with Gasteiger partial charge in [0, 0.05) is 11.3 Å². The van der Waals surface area contributed by atoms with E-state index in [1.54, 1.807) is 0 Å². The van der Waals surface area contributed by atoms with Crippen molar-refractivity contribution in [3.8, 4) is 0 Å². The van der Waals surface area contributed by atoms with Gasteiger partial charge in [0.25, 0.3) is 0 Å². The zero-order valence-electron chi connectivity index (χ0n) is 12.5. The fourth-order valence-corrected chi connectivity index (χ4v) is 4.19. The number of amides is 2. The molecule has 0 bridgehead atoms. The molecule has 6 nitrogen and oxygen atoms in total. The van der Waals surface area contributed by atoms with Gasteiger partial charge < -0.3 is 15.7 Å². The summed E-state index contributed by atoms with van der Waals surface area (Å²) >= 11 is 1.34. The molecule has 23 heavy (non-hydrogen) atoms. The molecule has 7 heteroatoms. The molecule has 1 fully saturated rings. The van der Waals surface area contributed by atoms with Crippen molar-refractivity contribution in [1.29, 1.82) is 0 Å². The average molecular weight is 334 g/mol. The lowest BCUT2D eigenvalue weighted by molar-refractivity contribution is -0.147. The molecule has 1 aliphatic carbocycles. The van der Waals surface area contributed by atoms with Gasteiger partial charge in [0.05, 0.1) is 10.9 Å². The number of nitrogens with one attached hydrogen (secondary N) is 2. The van der Waals surface area contributed by atoms with Crippen LogP contribution in [-0.4, -0.2) is 33.7 Å². The van der Waals surface area contributed by atoms with Gasteiger partial charge in [0.15, 0.2) is 0 Å². The predicted molar refractivity (Wildman–Crippen MR) is 86.3 cm³/mol. The van der Waals surface area contributed by atoms with Crippen molar-refractivity contribution in [2.45, 2.75) is 47.8 Å². The van der Waals surface area contributed by atoms with E-state index in [2.05, 4.69) is 10.6 Å². The van der Waals surface area contributed by atoms with Crippen LogP contribution in [0.2, 0.25) is 0 Å². The molecule has 1 saturated carbocycles. The van der Waals surface area contributed by atoms with Gasteiger partial charge in [-0.2, -0.15) is 0 Å². The number of carboxylic acids is 1. The van der Waals surface area contributed by atoms with Crippen LogP contribution in [0.5, 0.6) is 0 Å². The molecular weight excluding hydrogens is 316 g/mol.